The zero-order chi connectivity index (χ0) is 17.8. The third-order valence-electron chi connectivity index (χ3n) is 3.37. The number of rotatable bonds is 6. The van der Waals surface area contributed by atoms with Crippen LogP contribution in [0.4, 0.5) is 5.69 Å². The smallest absolute Gasteiger partial charge is 0.234 e. The lowest BCUT2D eigenvalue weighted by Gasteiger charge is -2.10. The molecule has 8 heteroatoms. The Hall–Kier alpha value is -2.32. The van der Waals surface area contributed by atoms with Gasteiger partial charge in [-0.3, -0.25) is 4.79 Å². The van der Waals surface area contributed by atoms with Crippen molar-refractivity contribution in [3.8, 4) is 11.5 Å². The van der Waals surface area contributed by atoms with Gasteiger partial charge in [0.1, 0.15) is 0 Å². The molecule has 0 aliphatic rings. The Morgan fingerprint density at radius 2 is 1.96 bits per heavy atom. The highest BCUT2D eigenvalue weighted by atomic mass is 32.2. The van der Waals surface area contributed by atoms with Crippen molar-refractivity contribution >= 4 is 45.0 Å². The van der Waals surface area contributed by atoms with Crippen LogP contribution in [0.5, 0.6) is 11.5 Å². The van der Waals surface area contributed by atoms with Gasteiger partial charge in [-0.1, -0.05) is 11.8 Å². The van der Waals surface area contributed by atoms with Crippen molar-refractivity contribution in [3.05, 3.63) is 36.0 Å². The molecule has 3 rings (SSSR count). The number of benzene rings is 1. The number of thioether (sulfide) groups is 1. The number of thiazole rings is 1. The van der Waals surface area contributed by atoms with Crippen LogP contribution in [0.2, 0.25) is 0 Å². The maximum absolute atomic E-state index is 12.2. The fourth-order valence-electron chi connectivity index (χ4n) is 2.19. The van der Waals surface area contributed by atoms with Crippen LogP contribution in [0.3, 0.4) is 0 Å². The third-order valence-corrected chi connectivity index (χ3v) is 5.52. The van der Waals surface area contributed by atoms with Crippen LogP contribution in [0.25, 0.3) is 10.3 Å². The largest absolute Gasteiger partial charge is 0.493 e. The molecule has 130 valence electrons. The standard InChI is InChI=1S/C17H17N3O3S2/c1-10-4-7-14-16(18-10)20-17(25-14)24-9-15(21)19-11-5-6-12(22-2)13(8-11)23-3/h4-8H,9H2,1-3H3,(H,19,21). The summed E-state index contributed by atoms with van der Waals surface area (Å²) in [7, 11) is 3.13. The second-order valence-corrected chi connectivity index (χ2v) is 7.41. The summed E-state index contributed by atoms with van der Waals surface area (Å²) in [5.74, 6) is 1.35. The molecule has 1 N–H and O–H groups in total. The lowest BCUT2D eigenvalue weighted by molar-refractivity contribution is -0.113. The van der Waals surface area contributed by atoms with Crippen LogP contribution in [-0.2, 0) is 4.79 Å². The molecule has 2 aromatic heterocycles. The van der Waals surface area contributed by atoms with Crippen molar-refractivity contribution in [2.45, 2.75) is 11.3 Å². The van der Waals surface area contributed by atoms with Crippen molar-refractivity contribution in [3.63, 3.8) is 0 Å². The van der Waals surface area contributed by atoms with E-state index in [0.29, 0.717) is 17.2 Å². The molecule has 6 nitrogen and oxygen atoms in total. The van der Waals surface area contributed by atoms with E-state index in [2.05, 4.69) is 15.3 Å². The average molecular weight is 375 g/mol. The Morgan fingerprint density at radius 1 is 1.16 bits per heavy atom. The zero-order valence-corrected chi connectivity index (χ0v) is 15.7. The van der Waals surface area contributed by atoms with Crippen molar-refractivity contribution < 1.29 is 14.3 Å². The first-order valence-electron chi connectivity index (χ1n) is 7.48. The first kappa shape index (κ1) is 17.5. The molecule has 3 aromatic rings. The lowest BCUT2D eigenvalue weighted by atomic mass is 10.2. The van der Waals surface area contributed by atoms with Crippen molar-refractivity contribution in [1.82, 2.24) is 9.97 Å². The van der Waals surface area contributed by atoms with Crippen LogP contribution >= 0.6 is 23.1 Å². The number of carbonyl (C=O) groups excluding carboxylic acids is 1. The van der Waals surface area contributed by atoms with Crippen molar-refractivity contribution in [2.75, 3.05) is 25.3 Å². The summed E-state index contributed by atoms with van der Waals surface area (Å²) < 4.78 is 12.3. The van der Waals surface area contributed by atoms with Gasteiger partial charge in [0.15, 0.2) is 21.5 Å². The Balaban J connectivity index is 1.62. The molecule has 0 unspecified atom stereocenters. The molecule has 0 radical (unpaired) electrons. The monoisotopic (exact) mass is 375 g/mol. The van der Waals surface area contributed by atoms with Gasteiger partial charge >= 0.3 is 0 Å². The van der Waals surface area contributed by atoms with Crippen LogP contribution in [0.15, 0.2) is 34.7 Å². The molecule has 0 bridgehead atoms. The highest BCUT2D eigenvalue weighted by Crippen LogP contribution is 2.31. The van der Waals surface area contributed by atoms with Gasteiger partial charge in [-0.2, -0.15) is 0 Å². The summed E-state index contributed by atoms with van der Waals surface area (Å²) in [5, 5.41) is 2.85. The van der Waals surface area contributed by atoms with E-state index in [-0.39, 0.29) is 11.7 Å². The summed E-state index contributed by atoms with van der Waals surface area (Å²) in [6.07, 6.45) is 0. The molecule has 0 spiro atoms. The van der Waals surface area contributed by atoms with E-state index in [1.165, 1.54) is 23.1 Å². The maximum atomic E-state index is 12.2. The molecule has 0 atom stereocenters. The molecule has 25 heavy (non-hydrogen) atoms. The van der Waals surface area contributed by atoms with Crippen LogP contribution < -0.4 is 14.8 Å². The molecular formula is C17H17N3O3S2. The summed E-state index contributed by atoms with van der Waals surface area (Å²) in [4.78, 5) is 21.0. The summed E-state index contributed by atoms with van der Waals surface area (Å²) in [6, 6.07) is 9.21. The number of anilines is 1. The van der Waals surface area contributed by atoms with E-state index in [1.54, 1.807) is 32.4 Å². The molecule has 0 aliphatic heterocycles. The predicted octanol–water partition coefficient (Wildman–Crippen LogP) is 3.75. The first-order valence-corrected chi connectivity index (χ1v) is 9.28. The number of nitrogens with one attached hydrogen (secondary N) is 1. The minimum atomic E-state index is -0.111. The first-order chi connectivity index (χ1) is 12.1. The third kappa shape index (κ3) is 4.21. The maximum Gasteiger partial charge on any atom is 0.234 e. The normalized spacial score (nSPS) is 10.7. The molecular weight excluding hydrogens is 358 g/mol. The zero-order valence-electron chi connectivity index (χ0n) is 14.0. The number of hydrogen-bond acceptors (Lipinski definition) is 7. The van der Waals surface area contributed by atoms with Gasteiger partial charge in [-0.25, -0.2) is 9.97 Å². The fourth-order valence-corrected chi connectivity index (χ4v) is 3.99. The van der Waals surface area contributed by atoms with Crippen molar-refractivity contribution in [2.24, 2.45) is 0 Å². The Kier molecular flexibility index (Phi) is 5.40. The highest BCUT2D eigenvalue weighted by molar-refractivity contribution is 8.01. The number of pyridine rings is 1. The second kappa shape index (κ2) is 7.71. The number of amides is 1. The van der Waals surface area contributed by atoms with Gasteiger partial charge < -0.3 is 14.8 Å². The average Bonchev–Trinajstić information content (AvgIpc) is 3.01. The molecule has 0 saturated carbocycles. The summed E-state index contributed by atoms with van der Waals surface area (Å²) >= 11 is 2.93. The number of aryl methyl sites for hydroxylation is 1. The van der Waals surface area contributed by atoms with Gasteiger partial charge in [0.25, 0.3) is 0 Å². The minimum Gasteiger partial charge on any atom is -0.493 e. The quantitative estimate of drug-likeness (QED) is 0.662. The van der Waals surface area contributed by atoms with E-state index in [4.69, 9.17) is 9.47 Å². The Bertz CT molecular complexity index is 911. The van der Waals surface area contributed by atoms with Gasteiger partial charge in [0, 0.05) is 17.4 Å². The minimum absolute atomic E-state index is 0.111. The van der Waals surface area contributed by atoms with Gasteiger partial charge in [0.05, 0.1) is 24.7 Å². The summed E-state index contributed by atoms with van der Waals surface area (Å²) in [5.41, 5.74) is 2.32. The van der Waals surface area contributed by atoms with E-state index in [9.17, 15) is 4.79 Å². The number of aromatic nitrogens is 2. The number of hydrogen-bond donors (Lipinski definition) is 1. The van der Waals surface area contributed by atoms with Crippen LogP contribution in [0.1, 0.15) is 5.69 Å². The number of carbonyl (C=O) groups is 1. The second-order valence-electron chi connectivity index (χ2n) is 5.16. The highest BCUT2D eigenvalue weighted by Gasteiger charge is 2.10. The molecule has 0 saturated heterocycles. The molecule has 0 fully saturated rings. The lowest BCUT2D eigenvalue weighted by Crippen LogP contribution is -2.14. The van der Waals surface area contributed by atoms with E-state index >= 15 is 0 Å². The van der Waals surface area contributed by atoms with Crippen LogP contribution in [-0.4, -0.2) is 35.8 Å². The van der Waals surface area contributed by atoms with Crippen LogP contribution in [0, 0.1) is 6.92 Å². The Labute approximate surface area is 153 Å². The van der Waals surface area contributed by atoms with E-state index in [1.807, 2.05) is 19.1 Å². The van der Waals surface area contributed by atoms with Gasteiger partial charge in [-0.15, -0.1) is 11.3 Å². The Morgan fingerprint density at radius 3 is 2.72 bits per heavy atom. The van der Waals surface area contributed by atoms with Crippen molar-refractivity contribution in [1.29, 1.82) is 0 Å². The van der Waals surface area contributed by atoms with Gasteiger partial charge in [0.2, 0.25) is 5.91 Å². The molecule has 1 aromatic carbocycles. The van der Waals surface area contributed by atoms with Gasteiger partial charge in [-0.05, 0) is 31.2 Å². The number of ether oxygens (including phenoxy) is 2. The SMILES string of the molecule is COc1ccc(NC(=O)CSc2nc3nc(C)ccc3s2)cc1OC. The number of methoxy groups -OCH3 is 2. The molecule has 1 amide bonds. The molecule has 2 heterocycles. The number of fused-ring (bicyclic) bond motifs is 1. The number of nitrogens with zero attached hydrogens (tertiary/aromatic N) is 2. The van der Waals surface area contributed by atoms with E-state index < -0.39 is 0 Å². The topological polar surface area (TPSA) is 73.3 Å². The fraction of sp³-hybridized carbons (Fsp3) is 0.235. The molecule has 0 aliphatic carbocycles. The predicted molar refractivity (Wildman–Crippen MR) is 101 cm³/mol. The summed E-state index contributed by atoms with van der Waals surface area (Å²) in [6.45, 7) is 1.93. The van der Waals surface area contributed by atoms with E-state index in [0.717, 1.165) is 20.4 Å².